The van der Waals surface area contributed by atoms with E-state index < -0.39 is 0 Å². The number of likely N-dealkylation sites (tertiary alicyclic amines) is 1. The van der Waals surface area contributed by atoms with Crippen LogP contribution in [-0.2, 0) is 10.7 Å². The van der Waals surface area contributed by atoms with E-state index in [1.54, 1.807) is 0 Å². The largest absolute Gasteiger partial charge is 0.353 e. The van der Waals surface area contributed by atoms with Crippen molar-refractivity contribution >= 4 is 23.4 Å². The van der Waals surface area contributed by atoms with E-state index in [0.717, 1.165) is 18.4 Å². The normalized spacial score (nSPS) is 15.8. The molecule has 1 aliphatic heterocycles. The van der Waals surface area contributed by atoms with Gasteiger partial charge >= 0.3 is 0 Å². The van der Waals surface area contributed by atoms with Crippen molar-refractivity contribution < 1.29 is 9.59 Å². The van der Waals surface area contributed by atoms with Gasteiger partial charge in [0.2, 0.25) is 5.91 Å². The summed E-state index contributed by atoms with van der Waals surface area (Å²) in [7, 11) is 0. The van der Waals surface area contributed by atoms with Gasteiger partial charge in [-0.2, -0.15) is 0 Å². The molecule has 21 heavy (non-hydrogen) atoms. The molecular weight excluding hydrogens is 288 g/mol. The molecule has 114 valence electrons. The van der Waals surface area contributed by atoms with Crippen LogP contribution in [0, 0.1) is 0 Å². The minimum atomic E-state index is 0.0437. The standard InChI is InChI=1S/C16H21ClN2O2/c1-2-15(20)18-14-6-8-19(9-7-14)16(21)13-5-3-4-12(10-13)11-17/h3-5,10,14H,2,6-9,11H2,1H3,(H,18,20). The monoisotopic (exact) mass is 308 g/mol. The number of benzene rings is 1. The third-order valence-electron chi connectivity index (χ3n) is 3.80. The molecular formula is C16H21ClN2O2. The summed E-state index contributed by atoms with van der Waals surface area (Å²) in [4.78, 5) is 25.7. The van der Waals surface area contributed by atoms with Gasteiger partial charge in [0.25, 0.3) is 5.91 Å². The first-order valence-electron chi connectivity index (χ1n) is 7.37. The summed E-state index contributed by atoms with van der Waals surface area (Å²) in [6, 6.07) is 7.63. The van der Waals surface area contributed by atoms with Crippen molar-refractivity contribution in [1.82, 2.24) is 10.2 Å². The van der Waals surface area contributed by atoms with E-state index in [1.165, 1.54) is 0 Å². The summed E-state index contributed by atoms with van der Waals surface area (Å²) < 4.78 is 0. The molecule has 0 bridgehead atoms. The predicted molar refractivity (Wildman–Crippen MR) is 83.4 cm³/mol. The lowest BCUT2D eigenvalue weighted by molar-refractivity contribution is -0.121. The minimum Gasteiger partial charge on any atom is -0.353 e. The molecule has 2 rings (SSSR count). The summed E-state index contributed by atoms with van der Waals surface area (Å²) in [6.45, 7) is 3.20. The van der Waals surface area contributed by atoms with Crippen LogP contribution in [0.2, 0.25) is 0 Å². The van der Waals surface area contributed by atoms with Crippen molar-refractivity contribution in [2.24, 2.45) is 0 Å². The Morgan fingerprint density at radius 2 is 2.05 bits per heavy atom. The third-order valence-corrected chi connectivity index (χ3v) is 4.11. The second-order valence-electron chi connectivity index (χ2n) is 5.32. The molecule has 0 aromatic heterocycles. The molecule has 1 saturated heterocycles. The van der Waals surface area contributed by atoms with Gasteiger partial charge in [0.15, 0.2) is 0 Å². The summed E-state index contributed by atoms with van der Waals surface area (Å²) in [5.74, 6) is 0.531. The highest BCUT2D eigenvalue weighted by atomic mass is 35.5. The predicted octanol–water partition coefficient (Wildman–Crippen LogP) is 2.56. The van der Waals surface area contributed by atoms with Crippen LogP contribution in [0.1, 0.15) is 42.1 Å². The Balaban J connectivity index is 1.92. The van der Waals surface area contributed by atoms with Crippen LogP contribution in [0.3, 0.4) is 0 Å². The van der Waals surface area contributed by atoms with Gasteiger partial charge in [-0.05, 0) is 30.5 Å². The molecule has 1 N–H and O–H groups in total. The first kappa shape index (κ1) is 15.8. The van der Waals surface area contributed by atoms with Gasteiger partial charge in [0.05, 0.1) is 0 Å². The summed E-state index contributed by atoms with van der Waals surface area (Å²) in [6.07, 6.45) is 2.13. The van der Waals surface area contributed by atoms with E-state index in [9.17, 15) is 9.59 Å². The van der Waals surface area contributed by atoms with E-state index in [1.807, 2.05) is 36.1 Å². The van der Waals surface area contributed by atoms with Crippen LogP contribution < -0.4 is 5.32 Å². The lowest BCUT2D eigenvalue weighted by Crippen LogP contribution is -2.46. The summed E-state index contributed by atoms with van der Waals surface area (Å²) in [5.41, 5.74) is 1.64. The maximum Gasteiger partial charge on any atom is 0.253 e. The van der Waals surface area contributed by atoms with Gasteiger partial charge in [0.1, 0.15) is 0 Å². The Kier molecular flexibility index (Phi) is 5.62. The fraction of sp³-hybridized carbons (Fsp3) is 0.500. The molecule has 0 atom stereocenters. The molecule has 4 nitrogen and oxygen atoms in total. The van der Waals surface area contributed by atoms with Gasteiger partial charge in [-0.25, -0.2) is 0 Å². The maximum atomic E-state index is 12.4. The van der Waals surface area contributed by atoms with Crippen LogP contribution in [-0.4, -0.2) is 35.8 Å². The molecule has 1 aromatic carbocycles. The number of nitrogens with one attached hydrogen (secondary N) is 1. The molecule has 0 radical (unpaired) electrons. The number of alkyl halides is 1. The van der Waals surface area contributed by atoms with E-state index >= 15 is 0 Å². The number of carbonyl (C=O) groups excluding carboxylic acids is 2. The quantitative estimate of drug-likeness (QED) is 0.869. The summed E-state index contributed by atoms with van der Waals surface area (Å²) in [5, 5.41) is 2.99. The number of hydrogen-bond donors (Lipinski definition) is 1. The van der Waals surface area contributed by atoms with E-state index in [2.05, 4.69) is 5.32 Å². The fourth-order valence-electron chi connectivity index (χ4n) is 2.53. The van der Waals surface area contributed by atoms with Crippen LogP contribution >= 0.6 is 11.6 Å². The van der Waals surface area contributed by atoms with Gasteiger partial charge < -0.3 is 10.2 Å². The van der Waals surface area contributed by atoms with Gasteiger partial charge in [-0.3, -0.25) is 9.59 Å². The molecule has 0 unspecified atom stereocenters. The zero-order chi connectivity index (χ0) is 15.2. The lowest BCUT2D eigenvalue weighted by Gasteiger charge is -2.32. The van der Waals surface area contributed by atoms with Crippen molar-refractivity contribution in [2.45, 2.75) is 38.1 Å². The highest BCUT2D eigenvalue weighted by molar-refractivity contribution is 6.17. The second kappa shape index (κ2) is 7.46. The third kappa shape index (κ3) is 4.21. The minimum absolute atomic E-state index is 0.0437. The van der Waals surface area contributed by atoms with Crippen molar-refractivity contribution in [3.05, 3.63) is 35.4 Å². The number of hydrogen-bond acceptors (Lipinski definition) is 2. The average molecular weight is 309 g/mol. The van der Waals surface area contributed by atoms with Crippen LogP contribution in [0.4, 0.5) is 0 Å². The van der Waals surface area contributed by atoms with Gasteiger partial charge in [-0.1, -0.05) is 19.1 Å². The smallest absolute Gasteiger partial charge is 0.253 e. The zero-order valence-corrected chi connectivity index (χ0v) is 13.0. The number of halogens is 1. The number of rotatable bonds is 4. The van der Waals surface area contributed by atoms with E-state index in [-0.39, 0.29) is 17.9 Å². The van der Waals surface area contributed by atoms with E-state index in [0.29, 0.717) is 31.0 Å². The van der Waals surface area contributed by atoms with E-state index in [4.69, 9.17) is 11.6 Å². The number of nitrogens with zero attached hydrogens (tertiary/aromatic N) is 1. The zero-order valence-electron chi connectivity index (χ0n) is 12.3. The highest BCUT2D eigenvalue weighted by Gasteiger charge is 2.24. The Morgan fingerprint density at radius 3 is 2.67 bits per heavy atom. The molecule has 5 heteroatoms. The fourth-order valence-corrected chi connectivity index (χ4v) is 2.69. The Bertz CT molecular complexity index is 511. The van der Waals surface area contributed by atoms with Crippen molar-refractivity contribution in [2.75, 3.05) is 13.1 Å². The molecule has 0 saturated carbocycles. The van der Waals surface area contributed by atoms with Gasteiger partial charge in [-0.15, -0.1) is 11.6 Å². The number of amides is 2. The first-order chi connectivity index (χ1) is 10.1. The Hall–Kier alpha value is -1.55. The van der Waals surface area contributed by atoms with Crippen LogP contribution in [0.25, 0.3) is 0 Å². The molecule has 0 spiro atoms. The van der Waals surface area contributed by atoms with Gasteiger partial charge in [0, 0.05) is 37.0 Å². The highest BCUT2D eigenvalue weighted by Crippen LogP contribution is 2.16. The van der Waals surface area contributed by atoms with Crippen molar-refractivity contribution in [1.29, 1.82) is 0 Å². The van der Waals surface area contributed by atoms with Crippen LogP contribution in [0.5, 0.6) is 0 Å². The van der Waals surface area contributed by atoms with Crippen LogP contribution in [0.15, 0.2) is 24.3 Å². The molecule has 1 aromatic rings. The summed E-state index contributed by atoms with van der Waals surface area (Å²) >= 11 is 5.81. The second-order valence-corrected chi connectivity index (χ2v) is 5.59. The molecule has 1 heterocycles. The topological polar surface area (TPSA) is 49.4 Å². The Morgan fingerprint density at radius 1 is 1.33 bits per heavy atom. The average Bonchev–Trinajstić information content (AvgIpc) is 2.54. The number of piperidine rings is 1. The van der Waals surface area contributed by atoms with Crippen molar-refractivity contribution in [3.63, 3.8) is 0 Å². The molecule has 0 aliphatic carbocycles. The Labute approximate surface area is 130 Å². The molecule has 1 aliphatic rings. The number of carbonyl (C=O) groups is 2. The first-order valence-corrected chi connectivity index (χ1v) is 7.91. The SMILES string of the molecule is CCC(=O)NC1CCN(C(=O)c2cccc(CCl)c2)CC1. The maximum absolute atomic E-state index is 12.4. The van der Waals surface area contributed by atoms with Crippen molar-refractivity contribution in [3.8, 4) is 0 Å². The molecule has 1 fully saturated rings. The lowest BCUT2D eigenvalue weighted by atomic mass is 10.0. The molecule has 2 amide bonds.